The van der Waals surface area contributed by atoms with Crippen molar-refractivity contribution in [2.45, 2.75) is 6.92 Å². The third-order valence-electron chi connectivity index (χ3n) is 4.62. The molecule has 0 unspecified atom stereocenters. The molecule has 0 bridgehead atoms. The summed E-state index contributed by atoms with van der Waals surface area (Å²) in [6, 6.07) is 14.2. The first-order chi connectivity index (χ1) is 14.7. The van der Waals surface area contributed by atoms with Gasteiger partial charge in [-0.15, -0.1) is 0 Å². The lowest BCUT2D eigenvalue weighted by molar-refractivity contribution is 0.0827. The molecule has 0 fully saturated rings. The fourth-order valence-electron chi connectivity index (χ4n) is 2.92. The van der Waals surface area contributed by atoms with Gasteiger partial charge in [0.25, 0.3) is 5.91 Å². The van der Waals surface area contributed by atoms with Gasteiger partial charge in [-0.2, -0.15) is 4.98 Å². The summed E-state index contributed by atoms with van der Waals surface area (Å²) in [6.45, 7) is 1.89. The van der Waals surface area contributed by atoms with Crippen molar-refractivity contribution in [1.29, 1.82) is 0 Å². The SMILES string of the molecule is Cc1ccc(Nc2nccc(N(C)c3ccc(NC(=O)O)cc3)n2)cc1C(=O)N(C)C. The molecule has 160 valence electrons. The number of amides is 2. The van der Waals surface area contributed by atoms with Crippen molar-refractivity contribution in [3.63, 3.8) is 0 Å². The van der Waals surface area contributed by atoms with Gasteiger partial charge < -0.3 is 20.2 Å². The van der Waals surface area contributed by atoms with Crippen LogP contribution >= 0.6 is 0 Å². The molecule has 9 nitrogen and oxygen atoms in total. The van der Waals surface area contributed by atoms with Crippen molar-refractivity contribution >= 4 is 40.8 Å². The van der Waals surface area contributed by atoms with Gasteiger partial charge in [-0.3, -0.25) is 10.1 Å². The van der Waals surface area contributed by atoms with Gasteiger partial charge >= 0.3 is 6.09 Å². The van der Waals surface area contributed by atoms with Gasteiger partial charge in [0.05, 0.1) is 0 Å². The minimum absolute atomic E-state index is 0.0728. The fourth-order valence-corrected chi connectivity index (χ4v) is 2.92. The highest BCUT2D eigenvalue weighted by Gasteiger charge is 2.13. The maximum atomic E-state index is 12.4. The zero-order valence-electron chi connectivity index (χ0n) is 17.7. The predicted octanol–water partition coefficient (Wildman–Crippen LogP) is 4.09. The first kappa shape index (κ1) is 21.6. The molecule has 2 amide bonds. The number of nitrogens with one attached hydrogen (secondary N) is 2. The molecule has 1 aromatic heterocycles. The van der Waals surface area contributed by atoms with E-state index in [2.05, 4.69) is 20.6 Å². The second-order valence-corrected chi connectivity index (χ2v) is 7.13. The molecular formula is C22H24N6O3. The highest BCUT2D eigenvalue weighted by molar-refractivity contribution is 5.96. The summed E-state index contributed by atoms with van der Waals surface area (Å²) in [7, 11) is 5.29. The summed E-state index contributed by atoms with van der Waals surface area (Å²) in [4.78, 5) is 35.3. The van der Waals surface area contributed by atoms with Gasteiger partial charge in [-0.05, 0) is 55.0 Å². The number of hydrogen-bond acceptors (Lipinski definition) is 6. The van der Waals surface area contributed by atoms with E-state index in [1.807, 2.05) is 31.0 Å². The Bertz CT molecular complexity index is 1100. The second-order valence-electron chi connectivity index (χ2n) is 7.13. The first-order valence-corrected chi connectivity index (χ1v) is 9.50. The molecule has 0 aliphatic carbocycles. The average Bonchev–Trinajstić information content (AvgIpc) is 2.74. The fraction of sp³-hybridized carbons (Fsp3) is 0.182. The molecule has 0 atom stereocenters. The average molecular weight is 420 g/mol. The van der Waals surface area contributed by atoms with Gasteiger partial charge in [0.2, 0.25) is 5.95 Å². The third-order valence-corrected chi connectivity index (χ3v) is 4.62. The predicted molar refractivity (Wildman–Crippen MR) is 121 cm³/mol. The topological polar surface area (TPSA) is 111 Å². The zero-order chi connectivity index (χ0) is 22.5. The smallest absolute Gasteiger partial charge is 0.409 e. The number of carboxylic acid groups (broad SMARTS) is 1. The van der Waals surface area contributed by atoms with Crippen LogP contribution in [-0.4, -0.2) is 53.1 Å². The molecule has 3 N–H and O–H groups in total. The summed E-state index contributed by atoms with van der Waals surface area (Å²) in [6.07, 6.45) is 0.529. The van der Waals surface area contributed by atoms with E-state index in [1.54, 1.807) is 56.7 Å². The molecule has 3 aromatic rings. The number of benzene rings is 2. The number of rotatable bonds is 6. The Hall–Kier alpha value is -4.14. The Morgan fingerprint density at radius 1 is 0.968 bits per heavy atom. The number of aryl methyl sites for hydroxylation is 1. The van der Waals surface area contributed by atoms with Crippen molar-refractivity contribution in [3.8, 4) is 0 Å². The van der Waals surface area contributed by atoms with Crippen molar-refractivity contribution < 1.29 is 14.7 Å². The molecule has 9 heteroatoms. The lowest BCUT2D eigenvalue weighted by atomic mass is 10.1. The van der Waals surface area contributed by atoms with Crippen LogP contribution in [0.25, 0.3) is 0 Å². The van der Waals surface area contributed by atoms with Crippen LogP contribution in [0.2, 0.25) is 0 Å². The van der Waals surface area contributed by atoms with Crippen LogP contribution in [0, 0.1) is 6.92 Å². The lowest BCUT2D eigenvalue weighted by Gasteiger charge is -2.19. The van der Waals surface area contributed by atoms with E-state index in [9.17, 15) is 9.59 Å². The minimum atomic E-state index is -1.11. The molecule has 0 aliphatic heterocycles. The van der Waals surface area contributed by atoms with E-state index in [-0.39, 0.29) is 5.91 Å². The maximum absolute atomic E-state index is 12.4. The Morgan fingerprint density at radius 3 is 2.29 bits per heavy atom. The zero-order valence-corrected chi connectivity index (χ0v) is 17.7. The van der Waals surface area contributed by atoms with Crippen LogP contribution < -0.4 is 15.5 Å². The lowest BCUT2D eigenvalue weighted by Crippen LogP contribution is -2.22. The molecule has 0 aliphatic rings. The van der Waals surface area contributed by atoms with Crippen LogP contribution in [0.1, 0.15) is 15.9 Å². The van der Waals surface area contributed by atoms with Gasteiger partial charge in [-0.1, -0.05) is 6.07 Å². The number of nitrogens with zero attached hydrogens (tertiary/aromatic N) is 4. The summed E-state index contributed by atoms with van der Waals surface area (Å²) in [5, 5.41) is 14.3. The molecular weight excluding hydrogens is 396 g/mol. The van der Waals surface area contributed by atoms with Crippen LogP contribution in [0.15, 0.2) is 54.7 Å². The maximum Gasteiger partial charge on any atom is 0.409 e. The first-order valence-electron chi connectivity index (χ1n) is 9.50. The number of hydrogen-bond donors (Lipinski definition) is 3. The molecule has 2 aromatic carbocycles. The summed E-state index contributed by atoms with van der Waals surface area (Å²) in [5.74, 6) is 0.963. The Morgan fingerprint density at radius 2 is 1.65 bits per heavy atom. The van der Waals surface area contributed by atoms with Gasteiger partial charge in [-0.25, -0.2) is 9.78 Å². The van der Waals surface area contributed by atoms with E-state index >= 15 is 0 Å². The van der Waals surface area contributed by atoms with Crippen LogP contribution in [0.5, 0.6) is 0 Å². The largest absolute Gasteiger partial charge is 0.465 e. The highest BCUT2D eigenvalue weighted by atomic mass is 16.4. The number of carbonyl (C=O) groups excluding carboxylic acids is 1. The van der Waals surface area contributed by atoms with Gasteiger partial charge in [0.1, 0.15) is 5.82 Å². The van der Waals surface area contributed by atoms with E-state index in [0.717, 1.165) is 11.3 Å². The molecule has 0 spiro atoms. The Kier molecular flexibility index (Phi) is 6.35. The van der Waals surface area contributed by atoms with Crippen molar-refractivity contribution in [2.75, 3.05) is 36.7 Å². The van der Waals surface area contributed by atoms with Crippen molar-refractivity contribution in [3.05, 3.63) is 65.9 Å². The van der Waals surface area contributed by atoms with Gasteiger partial charge in [0.15, 0.2) is 0 Å². The molecule has 0 radical (unpaired) electrons. The van der Waals surface area contributed by atoms with Crippen LogP contribution in [0.3, 0.4) is 0 Å². The number of aromatic nitrogens is 2. The number of carbonyl (C=O) groups is 2. The van der Waals surface area contributed by atoms with Crippen molar-refractivity contribution in [2.24, 2.45) is 0 Å². The normalized spacial score (nSPS) is 10.3. The monoisotopic (exact) mass is 420 g/mol. The quantitative estimate of drug-likeness (QED) is 0.551. The van der Waals surface area contributed by atoms with E-state index in [1.165, 1.54) is 4.90 Å². The number of anilines is 5. The summed E-state index contributed by atoms with van der Waals surface area (Å²) < 4.78 is 0. The highest BCUT2D eigenvalue weighted by Crippen LogP contribution is 2.25. The van der Waals surface area contributed by atoms with E-state index < -0.39 is 6.09 Å². The second kappa shape index (κ2) is 9.12. The summed E-state index contributed by atoms with van der Waals surface area (Å²) >= 11 is 0. The third kappa shape index (κ3) is 5.27. The van der Waals surface area contributed by atoms with Gasteiger partial charge in [0, 0.05) is 50.0 Å². The van der Waals surface area contributed by atoms with Crippen LogP contribution in [-0.2, 0) is 0 Å². The standard InChI is InChI=1S/C22H24N6O3/c1-14-5-6-16(13-18(14)20(29)27(2)3)24-21-23-12-11-19(26-21)28(4)17-9-7-15(8-10-17)25-22(30)31/h5-13,25H,1-4H3,(H,30,31)(H,23,24,26). The Balaban J connectivity index is 1.80. The Labute approximate surface area is 180 Å². The molecule has 3 rings (SSSR count). The minimum Gasteiger partial charge on any atom is -0.465 e. The van der Waals surface area contributed by atoms with Crippen molar-refractivity contribution in [1.82, 2.24) is 14.9 Å². The summed E-state index contributed by atoms with van der Waals surface area (Å²) in [5.41, 5.74) is 3.52. The van der Waals surface area contributed by atoms with E-state index in [0.29, 0.717) is 28.7 Å². The molecule has 0 saturated carbocycles. The molecule has 0 saturated heterocycles. The molecule has 31 heavy (non-hydrogen) atoms. The van der Waals surface area contributed by atoms with Crippen LogP contribution in [0.4, 0.5) is 33.6 Å². The molecule has 1 heterocycles. The van der Waals surface area contributed by atoms with E-state index in [4.69, 9.17) is 5.11 Å².